The predicted octanol–water partition coefficient (Wildman–Crippen LogP) is 0.623. The lowest BCUT2D eigenvalue weighted by atomic mass is 9.99. The Balaban J connectivity index is 1.81. The van der Waals surface area contributed by atoms with Crippen LogP contribution in [0.4, 0.5) is 5.82 Å². The number of rotatable bonds is 1. The summed E-state index contributed by atoms with van der Waals surface area (Å²) in [6, 6.07) is 7.11. The number of carbonyl (C=O) groups is 1. The first-order chi connectivity index (χ1) is 12.9. The van der Waals surface area contributed by atoms with Gasteiger partial charge in [-0.2, -0.15) is 0 Å². The number of benzene rings is 1. The van der Waals surface area contributed by atoms with E-state index in [1.54, 1.807) is 22.9 Å². The number of hydrogen-bond acceptors (Lipinski definition) is 7. The monoisotopic (exact) mass is 368 g/mol. The summed E-state index contributed by atoms with van der Waals surface area (Å²) in [6.45, 7) is 1.38. The first-order valence-corrected chi connectivity index (χ1v) is 8.40. The first kappa shape index (κ1) is 16.3. The van der Waals surface area contributed by atoms with Crippen molar-refractivity contribution < 1.29 is 24.9 Å². The number of anilines is 1. The van der Waals surface area contributed by atoms with Crippen LogP contribution in [0.15, 0.2) is 36.8 Å². The molecule has 1 aromatic carbocycles. The van der Waals surface area contributed by atoms with Crippen molar-refractivity contribution in [1.29, 1.82) is 0 Å². The van der Waals surface area contributed by atoms with E-state index >= 15 is 0 Å². The average molecular weight is 368 g/mol. The maximum atomic E-state index is 12.5. The zero-order valence-corrected chi connectivity index (χ0v) is 14.2. The lowest BCUT2D eigenvalue weighted by Crippen LogP contribution is -2.43. The second kappa shape index (κ2) is 5.33. The molecule has 4 heterocycles. The summed E-state index contributed by atoms with van der Waals surface area (Å²) >= 11 is 0. The van der Waals surface area contributed by atoms with E-state index in [0.29, 0.717) is 33.5 Å². The molecule has 1 amide bonds. The van der Waals surface area contributed by atoms with Gasteiger partial charge in [-0.1, -0.05) is 18.2 Å². The molecule has 0 saturated carbocycles. The Kier molecular flexibility index (Phi) is 3.23. The first-order valence-electron chi connectivity index (χ1n) is 8.40. The van der Waals surface area contributed by atoms with E-state index in [2.05, 4.69) is 15.3 Å². The molecule has 9 nitrogen and oxygen atoms in total. The van der Waals surface area contributed by atoms with Crippen LogP contribution in [0.1, 0.15) is 23.5 Å². The smallest absolute Gasteiger partial charge is 0.257 e. The average Bonchev–Trinajstić information content (AvgIpc) is 3.08. The largest absolute Gasteiger partial charge is 0.385 e. The molecule has 5 rings (SSSR count). The third-order valence-electron chi connectivity index (χ3n) is 5.19. The highest BCUT2D eigenvalue weighted by Gasteiger charge is 2.53. The molecule has 0 radical (unpaired) electrons. The number of aromatic nitrogens is 3. The topological polar surface area (TPSA) is 130 Å². The highest BCUT2D eigenvalue weighted by atomic mass is 16.7. The molecule has 4 atom stereocenters. The van der Waals surface area contributed by atoms with Crippen molar-refractivity contribution in [2.24, 2.45) is 0 Å². The number of aliphatic hydroxyl groups excluding tert-OH is 2. The van der Waals surface area contributed by atoms with Gasteiger partial charge in [-0.05, 0) is 18.6 Å². The van der Waals surface area contributed by atoms with E-state index in [1.165, 1.54) is 13.3 Å². The van der Waals surface area contributed by atoms with Crippen molar-refractivity contribution in [3.05, 3.63) is 42.4 Å². The Labute approximate surface area is 152 Å². The fourth-order valence-corrected chi connectivity index (χ4v) is 3.78. The van der Waals surface area contributed by atoms with Crippen molar-refractivity contribution >= 4 is 22.8 Å². The zero-order chi connectivity index (χ0) is 18.9. The quantitative estimate of drug-likeness (QED) is 0.495. The van der Waals surface area contributed by atoms with Crippen molar-refractivity contribution in [3.63, 3.8) is 0 Å². The normalized spacial score (nSPS) is 29.5. The molecule has 2 aliphatic heterocycles. The third-order valence-corrected chi connectivity index (χ3v) is 5.19. The van der Waals surface area contributed by atoms with Gasteiger partial charge in [-0.25, -0.2) is 9.97 Å². The van der Waals surface area contributed by atoms with Gasteiger partial charge in [-0.15, -0.1) is 0 Å². The SMILES string of the molecule is CC1(O)C(n2cc3c4c(ncnc42)NC(=O)c2ccccc2-3)OC(O)[C@H]1O. The molecular weight excluding hydrogens is 352 g/mol. The van der Waals surface area contributed by atoms with Gasteiger partial charge in [0.2, 0.25) is 0 Å². The Morgan fingerprint density at radius 2 is 1.93 bits per heavy atom. The number of nitrogens with one attached hydrogen (secondary N) is 1. The summed E-state index contributed by atoms with van der Waals surface area (Å²) < 4.78 is 6.96. The van der Waals surface area contributed by atoms with Crippen molar-refractivity contribution in [2.75, 3.05) is 5.32 Å². The van der Waals surface area contributed by atoms with Crippen LogP contribution in [0.3, 0.4) is 0 Å². The van der Waals surface area contributed by atoms with Gasteiger partial charge in [0.25, 0.3) is 5.91 Å². The molecule has 2 aromatic heterocycles. The Morgan fingerprint density at radius 1 is 1.19 bits per heavy atom. The van der Waals surface area contributed by atoms with Gasteiger partial charge in [0.05, 0.1) is 5.39 Å². The summed E-state index contributed by atoms with van der Waals surface area (Å²) in [5, 5.41) is 34.0. The van der Waals surface area contributed by atoms with E-state index in [0.717, 1.165) is 0 Å². The lowest BCUT2D eigenvalue weighted by molar-refractivity contribution is -0.141. The number of amides is 1. The van der Waals surface area contributed by atoms with Crippen molar-refractivity contribution in [2.45, 2.75) is 31.1 Å². The van der Waals surface area contributed by atoms with Crippen LogP contribution in [0.5, 0.6) is 0 Å². The standard InChI is InChI=1S/C18H16N4O5/c1-18(26)12(23)16(25)27-17(18)22-6-10-8-4-2-3-5-9(8)15(24)21-13-11(10)14(22)20-7-19-13/h2-7,12,16-17,23,25-26H,1H3,(H,19,20,21,24)/t12-,16?,17?,18?/m1/s1. The Morgan fingerprint density at radius 3 is 2.63 bits per heavy atom. The second-order valence-electron chi connectivity index (χ2n) is 6.92. The molecule has 138 valence electrons. The van der Waals surface area contributed by atoms with Crippen LogP contribution in [-0.2, 0) is 4.74 Å². The summed E-state index contributed by atoms with van der Waals surface area (Å²) in [4.78, 5) is 21.0. The molecule has 1 fully saturated rings. The number of nitrogens with zero attached hydrogens (tertiary/aromatic N) is 3. The van der Waals surface area contributed by atoms with Gasteiger partial charge in [0.1, 0.15) is 29.5 Å². The number of hydrogen-bond donors (Lipinski definition) is 4. The number of ether oxygens (including phenoxy) is 1. The molecule has 0 spiro atoms. The predicted molar refractivity (Wildman–Crippen MR) is 93.7 cm³/mol. The van der Waals surface area contributed by atoms with E-state index in [1.807, 2.05) is 12.1 Å². The summed E-state index contributed by atoms with van der Waals surface area (Å²) in [5.41, 5.74) is 0.504. The fourth-order valence-electron chi connectivity index (χ4n) is 3.78. The molecule has 3 unspecified atom stereocenters. The highest BCUT2D eigenvalue weighted by molar-refractivity contribution is 6.17. The highest BCUT2D eigenvalue weighted by Crippen LogP contribution is 2.44. The molecule has 1 saturated heterocycles. The van der Waals surface area contributed by atoms with Crippen molar-refractivity contribution in [3.8, 4) is 11.1 Å². The van der Waals surface area contributed by atoms with Gasteiger partial charge in [-0.3, -0.25) is 4.79 Å². The van der Waals surface area contributed by atoms with Gasteiger partial charge in [0, 0.05) is 17.3 Å². The molecule has 0 aliphatic carbocycles. The maximum absolute atomic E-state index is 12.5. The van der Waals surface area contributed by atoms with Gasteiger partial charge < -0.3 is 29.9 Å². The van der Waals surface area contributed by atoms with E-state index in [4.69, 9.17) is 4.74 Å². The fraction of sp³-hybridized carbons (Fsp3) is 0.278. The van der Waals surface area contributed by atoms with E-state index in [-0.39, 0.29) is 5.91 Å². The third kappa shape index (κ3) is 2.10. The minimum absolute atomic E-state index is 0.275. The van der Waals surface area contributed by atoms with Crippen LogP contribution in [-0.4, -0.2) is 53.8 Å². The number of carbonyl (C=O) groups excluding carboxylic acids is 1. The van der Waals surface area contributed by atoms with Crippen LogP contribution in [0.2, 0.25) is 0 Å². The minimum atomic E-state index is -1.75. The zero-order valence-electron chi connectivity index (χ0n) is 14.2. The molecule has 0 bridgehead atoms. The summed E-state index contributed by atoms with van der Waals surface area (Å²) in [7, 11) is 0. The maximum Gasteiger partial charge on any atom is 0.257 e. The summed E-state index contributed by atoms with van der Waals surface area (Å²) in [6.07, 6.45) is -1.11. The molecule has 9 heteroatoms. The Bertz CT molecular complexity index is 1090. The van der Waals surface area contributed by atoms with Crippen LogP contribution >= 0.6 is 0 Å². The minimum Gasteiger partial charge on any atom is -0.385 e. The van der Waals surface area contributed by atoms with E-state index in [9.17, 15) is 20.1 Å². The number of fused-ring (bicyclic) bond motifs is 2. The molecule has 3 aromatic rings. The van der Waals surface area contributed by atoms with Gasteiger partial charge in [0.15, 0.2) is 12.5 Å². The lowest BCUT2D eigenvalue weighted by Gasteiger charge is -2.27. The number of aliphatic hydroxyl groups is 3. The van der Waals surface area contributed by atoms with Crippen LogP contribution < -0.4 is 5.32 Å². The van der Waals surface area contributed by atoms with Crippen LogP contribution in [0, 0.1) is 0 Å². The molecular formula is C18H16N4O5. The van der Waals surface area contributed by atoms with Crippen molar-refractivity contribution in [1.82, 2.24) is 14.5 Å². The van der Waals surface area contributed by atoms with E-state index < -0.39 is 24.2 Å². The van der Waals surface area contributed by atoms with Gasteiger partial charge >= 0.3 is 0 Å². The second-order valence-corrected chi connectivity index (χ2v) is 6.92. The summed E-state index contributed by atoms with van der Waals surface area (Å²) in [5.74, 6) is 0.0667. The molecule has 4 N–H and O–H groups in total. The molecule has 2 aliphatic rings. The Hall–Kier alpha value is -2.85. The van der Waals surface area contributed by atoms with Crippen LogP contribution in [0.25, 0.3) is 22.2 Å². The molecule has 27 heavy (non-hydrogen) atoms.